The third kappa shape index (κ3) is 5.51. The summed E-state index contributed by atoms with van der Waals surface area (Å²) < 4.78 is 13.1. The first kappa shape index (κ1) is 33.3. The summed E-state index contributed by atoms with van der Waals surface area (Å²) >= 11 is 0. The number of fused-ring (bicyclic) bond motifs is 9. The molecule has 10 aromatic carbocycles. The van der Waals surface area contributed by atoms with Gasteiger partial charge in [-0.25, -0.2) is 0 Å². The summed E-state index contributed by atoms with van der Waals surface area (Å²) in [6.07, 6.45) is 0. The van der Waals surface area contributed by atoms with Crippen LogP contribution in [0.4, 0.5) is 17.1 Å². The fourth-order valence-electron chi connectivity index (χ4n) is 8.96. The highest BCUT2D eigenvalue weighted by Crippen LogP contribution is 2.45. The molecule has 0 fully saturated rings. The number of hydrogen-bond acceptors (Lipinski definition) is 3. The maximum atomic E-state index is 6.68. The highest BCUT2D eigenvalue weighted by Gasteiger charge is 2.21. The van der Waals surface area contributed by atoms with Crippen molar-refractivity contribution in [1.29, 1.82) is 0 Å². The average Bonchev–Trinajstić information content (AvgIpc) is 3.89. The standard InChI is InChI=1S/C56H35NO2/c1-2-12-40-35-43(23-22-36(40)10-1)42-14-7-13-41(34-42)37-24-29-44(30-25-37)57(51-19-9-21-53-54(51)50-33-28-38-11-3-4-15-46(38)56(50)59-53)45-31-26-39(27-32-45)47-17-8-18-49-48-16-5-6-20-52(48)58-55(47)49/h1-35H. The minimum atomic E-state index is 0.856. The Morgan fingerprint density at radius 2 is 0.881 bits per heavy atom. The van der Waals surface area contributed by atoms with Crippen molar-refractivity contribution in [3.8, 4) is 33.4 Å². The average molecular weight is 754 g/mol. The molecule has 0 spiro atoms. The molecule has 0 aliphatic heterocycles. The van der Waals surface area contributed by atoms with Crippen molar-refractivity contribution < 1.29 is 8.83 Å². The summed E-state index contributed by atoms with van der Waals surface area (Å²) in [4.78, 5) is 2.35. The summed E-state index contributed by atoms with van der Waals surface area (Å²) in [5.41, 5.74) is 13.6. The number of para-hydroxylation sites is 2. The number of nitrogens with zero attached hydrogens (tertiary/aromatic N) is 1. The van der Waals surface area contributed by atoms with E-state index in [9.17, 15) is 0 Å². The number of hydrogen-bond donors (Lipinski definition) is 0. The van der Waals surface area contributed by atoms with Crippen LogP contribution in [0.2, 0.25) is 0 Å². The zero-order valence-corrected chi connectivity index (χ0v) is 32.0. The molecule has 2 heterocycles. The van der Waals surface area contributed by atoms with Gasteiger partial charge in [0.05, 0.1) is 11.1 Å². The number of furan rings is 2. The van der Waals surface area contributed by atoms with Gasteiger partial charge in [-0.05, 0) is 105 Å². The molecule has 0 saturated heterocycles. The first-order valence-corrected chi connectivity index (χ1v) is 20.1. The summed E-state index contributed by atoms with van der Waals surface area (Å²) in [5, 5.41) is 9.19. The third-order valence-electron chi connectivity index (χ3n) is 11.9. The van der Waals surface area contributed by atoms with E-state index in [1.807, 2.05) is 12.1 Å². The molecule has 0 saturated carbocycles. The molecule has 12 rings (SSSR count). The lowest BCUT2D eigenvalue weighted by atomic mass is 9.97. The Morgan fingerprint density at radius 3 is 1.71 bits per heavy atom. The smallest absolute Gasteiger partial charge is 0.143 e. The van der Waals surface area contributed by atoms with Gasteiger partial charge in [0.1, 0.15) is 22.3 Å². The van der Waals surface area contributed by atoms with E-state index < -0.39 is 0 Å². The van der Waals surface area contributed by atoms with Crippen molar-refractivity contribution in [2.45, 2.75) is 0 Å². The van der Waals surface area contributed by atoms with E-state index in [2.05, 4.69) is 205 Å². The Balaban J connectivity index is 0.986. The predicted octanol–water partition coefficient (Wildman–Crippen LogP) is 16.3. The molecule has 2 aromatic heterocycles. The van der Waals surface area contributed by atoms with E-state index in [1.165, 1.54) is 27.5 Å². The lowest BCUT2D eigenvalue weighted by Crippen LogP contribution is -2.10. The van der Waals surface area contributed by atoms with Crippen LogP contribution in [0.15, 0.2) is 221 Å². The number of rotatable bonds is 6. The van der Waals surface area contributed by atoms with Gasteiger partial charge in [0.25, 0.3) is 0 Å². The van der Waals surface area contributed by atoms with Gasteiger partial charge in [-0.15, -0.1) is 0 Å². The number of benzene rings is 10. The lowest BCUT2D eigenvalue weighted by molar-refractivity contribution is 0.670. The zero-order chi connectivity index (χ0) is 38.9. The van der Waals surface area contributed by atoms with Gasteiger partial charge in [-0.2, -0.15) is 0 Å². The van der Waals surface area contributed by atoms with E-state index >= 15 is 0 Å². The van der Waals surface area contributed by atoms with Crippen molar-refractivity contribution >= 4 is 82.5 Å². The van der Waals surface area contributed by atoms with E-state index in [4.69, 9.17) is 8.83 Å². The summed E-state index contributed by atoms with van der Waals surface area (Å²) in [6.45, 7) is 0. The minimum Gasteiger partial charge on any atom is -0.455 e. The number of anilines is 3. The van der Waals surface area contributed by atoms with Crippen molar-refractivity contribution in [1.82, 2.24) is 0 Å². The molecule has 0 aliphatic rings. The molecule has 12 aromatic rings. The van der Waals surface area contributed by atoms with Crippen molar-refractivity contribution in [2.24, 2.45) is 0 Å². The normalized spacial score (nSPS) is 11.7. The second-order valence-corrected chi connectivity index (χ2v) is 15.3. The summed E-state index contributed by atoms with van der Waals surface area (Å²) in [5.74, 6) is 0. The predicted molar refractivity (Wildman–Crippen MR) is 247 cm³/mol. The molecule has 0 amide bonds. The molecule has 3 nitrogen and oxygen atoms in total. The van der Waals surface area contributed by atoms with Crippen LogP contribution in [0.25, 0.3) is 98.8 Å². The fourth-order valence-corrected chi connectivity index (χ4v) is 8.96. The minimum absolute atomic E-state index is 0.856. The van der Waals surface area contributed by atoms with Crippen molar-refractivity contribution in [3.63, 3.8) is 0 Å². The second kappa shape index (κ2) is 13.4. The Labute approximate surface area is 340 Å². The molecule has 276 valence electrons. The van der Waals surface area contributed by atoms with Crippen LogP contribution in [0.5, 0.6) is 0 Å². The fraction of sp³-hybridized carbons (Fsp3) is 0. The van der Waals surface area contributed by atoms with Crippen LogP contribution in [-0.4, -0.2) is 0 Å². The SMILES string of the molecule is c1cc(-c2ccc(N(c3ccc(-c4cccc5c4oc4ccccc45)cc3)c3cccc4oc5c6ccccc6ccc5c34)cc2)cc(-c2ccc3ccccc3c2)c1. The summed E-state index contributed by atoms with van der Waals surface area (Å²) in [7, 11) is 0. The molecule has 0 aliphatic carbocycles. The molecule has 59 heavy (non-hydrogen) atoms. The molecule has 0 radical (unpaired) electrons. The summed E-state index contributed by atoms with van der Waals surface area (Å²) in [6, 6.07) is 75.7. The quantitative estimate of drug-likeness (QED) is 0.169. The molecular weight excluding hydrogens is 719 g/mol. The molecule has 0 bridgehead atoms. The first-order valence-electron chi connectivity index (χ1n) is 20.1. The molecule has 3 heteroatoms. The maximum Gasteiger partial charge on any atom is 0.143 e. The Morgan fingerprint density at radius 1 is 0.305 bits per heavy atom. The molecule has 0 unspecified atom stereocenters. The maximum absolute atomic E-state index is 6.68. The van der Waals surface area contributed by atoms with E-state index in [1.54, 1.807) is 0 Å². The Kier molecular flexibility index (Phi) is 7.54. The first-order chi connectivity index (χ1) is 29.2. The van der Waals surface area contributed by atoms with Crippen molar-refractivity contribution in [3.05, 3.63) is 212 Å². The second-order valence-electron chi connectivity index (χ2n) is 15.3. The van der Waals surface area contributed by atoms with Gasteiger partial charge in [0, 0.05) is 38.5 Å². The molecule has 0 N–H and O–H groups in total. The van der Waals surface area contributed by atoms with Gasteiger partial charge in [-0.1, -0.05) is 152 Å². The van der Waals surface area contributed by atoms with Gasteiger partial charge >= 0.3 is 0 Å². The lowest BCUT2D eigenvalue weighted by Gasteiger charge is -2.26. The topological polar surface area (TPSA) is 29.5 Å². The largest absolute Gasteiger partial charge is 0.455 e. The van der Waals surface area contributed by atoms with Gasteiger partial charge < -0.3 is 13.7 Å². The zero-order valence-electron chi connectivity index (χ0n) is 32.0. The van der Waals surface area contributed by atoms with Crippen molar-refractivity contribution in [2.75, 3.05) is 4.90 Å². The highest BCUT2D eigenvalue weighted by atomic mass is 16.3. The van der Waals surface area contributed by atoms with Gasteiger partial charge in [-0.3, -0.25) is 0 Å². The molecule has 0 atom stereocenters. The van der Waals surface area contributed by atoms with Crippen LogP contribution >= 0.6 is 0 Å². The van der Waals surface area contributed by atoms with E-state index in [0.717, 1.165) is 88.4 Å². The van der Waals surface area contributed by atoms with E-state index in [0.29, 0.717) is 0 Å². The van der Waals surface area contributed by atoms with Crippen LogP contribution in [0.1, 0.15) is 0 Å². The monoisotopic (exact) mass is 753 g/mol. The van der Waals surface area contributed by atoms with Gasteiger partial charge in [0.2, 0.25) is 0 Å². The van der Waals surface area contributed by atoms with E-state index in [-0.39, 0.29) is 0 Å². The Bertz CT molecular complexity index is 3550. The Hall–Kier alpha value is -7.88. The molecular formula is C56H35NO2. The van der Waals surface area contributed by atoms with Crippen LogP contribution in [0.3, 0.4) is 0 Å². The van der Waals surface area contributed by atoms with Crippen LogP contribution in [0, 0.1) is 0 Å². The third-order valence-corrected chi connectivity index (χ3v) is 11.9. The van der Waals surface area contributed by atoms with Crippen LogP contribution < -0.4 is 4.90 Å². The highest BCUT2D eigenvalue weighted by molar-refractivity contribution is 6.19. The van der Waals surface area contributed by atoms with Gasteiger partial charge in [0.15, 0.2) is 0 Å². The van der Waals surface area contributed by atoms with Crippen LogP contribution in [-0.2, 0) is 0 Å².